The van der Waals surface area contributed by atoms with Crippen LogP contribution < -0.4 is 5.32 Å². The Morgan fingerprint density at radius 1 is 1.61 bits per heavy atom. The molecule has 0 spiro atoms. The average molecular weight is 290 g/mol. The maximum atomic E-state index is 12.4. The molecule has 1 aliphatic heterocycles. The molecule has 1 aromatic rings. The van der Waals surface area contributed by atoms with Crippen molar-refractivity contribution in [3.05, 3.63) is 16.3 Å². The lowest BCUT2D eigenvalue weighted by molar-refractivity contribution is 0.115. The lowest BCUT2D eigenvalue weighted by Crippen LogP contribution is -2.29. The molecule has 18 heavy (non-hydrogen) atoms. The highest BCUT2D eigenvalue weighted by Crippen LogP contribution is 2.26. The van der Waals surface area contributed by atoms with E-state index in [-0.39, 0.29) is 6.10 Å². The number of hydrogen-bond donors (Lipinski definition) is 1. The summed E-state index contributed by atoms with van der Waals surface area (Å²) in [5.74, 6) is 0. The topological polar surface area (TPSA) is 58.6 Å². The summed E-state index contributed by atoms with van der Waals surface area (Å²) in [7, 11) is 0.123. The minimum absolute atomic E-state index is 0.0233. The smallest absolute Gasteiger partial charge is 0.243 e. The van der Waals surface area contributed by atoms with E-state index in [0.717, 1.165) is 11.3 Å². The number of methoxy groups -OCH3 is 1. The van der Waals surface area contributed by atoms with Crippen LogP contribution in [0.3, 0.4) is 0 Å². The minimum atomic E-state index is -3.34. The van der Waals surface area contributed by atoms with E-state index >= 15 is 0 Å². The highest BCUT2D eigenvalue weighted by atomic mass is 32.2. The van der Waals surface area contributed by atoms with Crippen molar-refractivity contribution in [3.8, 4) is 0 Å². The number of ether oxygens (including phenoxy) is 1. The van der Waals surface area contributed by atoms with Gasteiger partial charge in [-0.15, -0.1) is 11.3 Å². The molecule has 1 fully saturated rings. The van der Waals surface area contributed by atoms with E-state index in [2.05, 4.69) is 5.32 Å². The van der Waals surface area contributed by atoms with Crippen LogP contribution in [0.25, 0.3) is 0 Å². The molecule has 0 bridgehead atoms. The van der Waals surface area contributed by atoms with Crippen LogP contribution in [-0.2, 0) is 21.3 Å². The second kappa shape index (κ2) is 5.66. The number of thiophene rings is 1. The standard InChI is InChI=1S/C11H18N2O3S2/c1-12-6-10-5-11(8-17-10)18(14,15)13-4-3-9(7-13)16-2/h5,8-9,12H,3-4,6-7H2,1-2H3. The van der Waals surface area contributed by atoms with Gasteiger partial charge in [0, 0.05) is 37.0 Å². The second-order valence-corrected chi connectivity index (χ2v) is 7.22. The van der Waals surface area contributed by atoms with Gasteiger partial charge in [-0.3, -0.25) is 0 Å². The summed E-state index contributed by atoms with van der Waals surface area (Å²) in [6.07, 6.45) is 0.790. The van der Waals surface area contributed by atoms with Crippen molar-refractivity contribution >= 4 is 21.4 Å². The summed E-state index contributed by atoms with van der Waals surface area (Å²) < 4.78 is 31.4. The molecule has 0 aromatic carbocycles. The van der Waals surface area contributed by atoms with Crippen molar-refractivity contribution in [2.45, 2.75) is 24.0 Å². The third kappa shape index (κ3) is 2.75. The second-order valence-electron chi connectivity index (χ2n) is 4.29. The summed E-state index contributed by atoms with van der Waals surface area (Å²) in [5, 5.41) is 4.73. The van der Waals surface area contributed by atoms with Gasteiger partial charge in [0.1, 0.15) is 0 Å². The molecular weight excluding hydrogens is 272 g/mol. The number of nitrogens with one attached hydrogen (secondary N) is 1. The van der Waals surface area contributed by atoms with Crippen molar-refractivity contribution in [1.29, 1.82) is 0 Å². The first-order valence-electron chi connectivity index (χ1n) is 5.83. The van der Waals surface area contributed by atoms with Crippen LogP contribution >= 0.6 is 11.3 Å². The van der Waals surface area contributed by atoms with E-state index in [1.807, 2.05) is 7.05 Å². The molecule has 1 aromatic heterocycles. The molecule has 1 atom stereocenters. The number of nitrogens with zero attached hydrogens (tertiary/aromatic N) is 1. The third-order valence-electron chi connectivity index (χ3n) is 3.06. The maximum Gasteiger partial charge on any atom is 0.243 e. The fourth-order valence-electron chi connectivity index (χ4n) is 2.02. The van der Waals surface area contributed by atoms with Crippen LogP contribution in [0.15, 0.2) is 16.3 Å². The Morgan fingerprint density at radius 2 is 2.39 bits per heavy atom. The Labute approximate surface area is 112 Å². The largest absolute Gasteiger partial charge is 0.380 e. The number of rotatable bonds is 5. The molecule has 1 saturated heterocycles. The van der Waals surface area contributed by atoms with Crippen LogP contribution in [0.1, 0.15) is 11.3 Å². The molecule has 5 nitrogen and oxygen atoms in total. The van der Waals surface area contributed by atoms with Crippen LogP contribution in [0.2, 0.25) is 0 Å². The summed E-state index contributed by atoms with van der Waals surface area (Å²) in [4.78, 5) is 1.42. The average Bonchev–Trinajstić information content (AvgIpc) is 2.98. The first-order chi connectivity index (χ1) is 8.57. The van der Waals surface area contributed by atoms with E-state index < -0.39 is 10.0 Å². The first-order valence-corrected chi connectivity index (χ1v) is 8.15. The van der Waals surface area contributed by atoms with E-state index in [0.29, 0.717) is 24.5 Å². The van der Waals surface area contributed by atoms with E-state index in [1.54, 1.807) is 18.6 Å². The summed E-state index contributed by atoms with van der Waals surface area (Å²) in [6, 6.07) is 1.75. The van der Waals surface area contributed by atoms with Crippen molar-refractivity contribution in [2.75, 3.05) is 27.2 Å². The zero-order valence-corrected chi connectivity index (χ0v) is 12.2. The number of sulfonamides is 1. The lowest BCUT2D eigenvalue weighted by atomic mass is 10.3. The van der Waals surface area contributed by atoms with E-state index in [9.17, 15) is 8.42 Å². The summed E-state index contributed by atoms with van der Waals surface area (Å²) in [6.45, 7) is 1.69. The Bertz CT molecular complexity index is 498. The van der Waals surface area contributed by atoms with Crippen molar-refractivity contribution in [1.82, 2.24) is 9.62 Å². The fraction of sp³-hybridized carbons (Fsp3) is 0.636. The van der Waals surface area contributed by atoms with Gasteiger partial charge >= 0.3 is 0 Å². The van der Waals surface area contributed by atoms with Crippen LogP contribution in [0, 0.1) is 0 Å². The molecule has 0 radical (unpaired) electrons. The Balaban J connectivity index is 2.15. The third-order valence-corrected chi connectivity index (χ3v) is 5.99. The van der Waals surface area contributed by atoms with Gasteiger partial charge in [0.15, 0.2) is 0 Å². The highest BCUT2D eigenvalue weighted by Gasteiger charge is 2.32. The first kappa shape index (κ1) is 14.0. The predicted molar refractivity (Wildman–Crippen MR) is 71.3 cm³/mol. The zero-order valence-electron chi connectivity index (χ0n) is 10.5. The Kier molecular flexibility index (Phi) is 4.39. The lowest BCUT2D eigenvalue weighted by Gasteiger charge is -2.14. The molecule has 0 saturated carbocycles. The van der Waals surface area contributed by atoms with E-state index in [1.165, 1.54) is 15.6 Å². The fourth-order valence-corrected chi connectivity index (χ4v) is 4.78. The van der Waals surface area contributed by atoms with Gasteiger partial charge in [-0.1, -0.05) is 0 Å². The van der Waals surface area contributed by atoms with Crippen LogP contribution in [-0.4, -0.2) is 46.1 Å². The molecule has 1 unspecified atom stereocenters. The van der Waals surface area contributed by atoms with Gasteiger partial charge in [-0.25, -0.2) is 8.42 Å². The molecule has 102 valence electrons. The summed E-state index contributed by atoms with van der Waals surface area (Å²) >= 11 is 1.47. The molecule has 1 N–H and O–H groups in total. The molecule has 2 heterocycles. The van der Waals surface area contributed by atoms with E-state index in [4.69, 9.17) is 4.74 Å². The van der Waals surface area contributed by atoms with Gasteiger partial charge < -0.3 is 10.1 Å². The van der Waals surface area contributed by atoms with Gasteiger partial charge in [0.05, 0.1) is 11.0 Å². The minimum Gasteiger partial charge on any atom is -0.380 e. The highest BCUT2D eigenvalue weighted by molar-refractivity contribution is 7.89. The molecule has 0 amide bonds. The van der Waals surface area contributed by atoms with Gasteiger partial charge in [0.25, 0.3) is 0 Å². The SMILES string of the molecule is CNCc1cc(S(=O)(=O)N2CCC(OC)C2)cs1. The predicted octanol–water partition coefficient (Wildman–Crippen LogP) is 0.877. The molecule has 1 aliphatic rings. The molecule has 0 aliphatic carbocycles. The zero-order chi connectivity index (χ0) is 13.2. The van der Waals surface area contributed by atoms with Gasteiger partial charge in [-0.05, 0) is 19.5 Å². The quantitative estimate of drug-likeness (QED) is 0.874. The summed E-state index contributed by atoms with van der Waals surface area (Å²) in [5.41, 5.74) is 0. The Hall–Kier alpha value is -0.470. The maximum absolute atomic E-state index is 12.4. The Morgan fingerprint density at radius 3 is 3.00 bits per heavy atom. The normalized spacial score (nSPS) is 21.6. The van der Waals surface area contributed by atoms with Crippen molar-refractivity contribution in [3.63, 3.8) is 0 Å². The monoisotopic (exact) mass is 290 g/mol. The van der Waals surface area contributed by atoms with Gasteiger partial charge in [0.2, 0.25) is 10.0 Å². The van der Waals surface area contributed by atoms with Crippen molar-refractivity contribution in [2.24, 2.45) is 0 Å². The molecule has 7 heteroatoms. The van der Waals surface area contributed by atoms with Gasteiger partial charge in [-0.2, -0.15) is 4.31 Å². The van der Waals surface area contributed by atoms with Crippen molar-refractivity contribution < 1.29 is 13.2 Å². The van der Waals surface area contributed by atoms with Crippen LogP contribution in [0.4, 0.5) is 0 Å². The molecule has 2 rings (SSSR count). The molecular formula is C11H18N2O3S2. The van der Waals surface area contributed by atoms with Crippen LogP contribution in [0.5, 0.6) is 0 Å². The number of hydrogen-bond acceptors (Lipinski definition) is 5.